The zero-order chi connectivity index (χ0) is 21.5. The van der Waals surface area contributed by atoms with Crippen LogP contribution in [0.1, 0.15) is 35.8 Å². The van der Waals surface area contributed by atoms with Gasteiger partial charge in [-0.2, -0.15) is 11.8 Å². The number of benzene rings is 2. The summed E-state index contributed by atoms with van der Waals surface area (Å²) in [7, 11) is 0. The van der Waals surface area contributed by atoms with E-state index in [4.69, 9.17) is 4.74 Å². The molecular weight excluding hydrogens is 410 g/mol. The highest BCUT2D eigenvalue weighted by molar-refractivity contribution is 7.99. The quantitative estimate of drug-likeness (QED) is 0.577. The van der Waals surface area contributed by atoms with Crippen LogP contribution in [0.25, 0.3) is 0 Å². The van der Waals surface area contributed by atoms with E-state index in [2.05, 4.69) is 33.0 Å². The predicted molar refractivity (Wildman–Crippen MR) is 122 cm³/mol. The van der Waals surface area contributed by atoms with E-state index in [-0.39, 0.29) is 5.91 Å². The molecule has 0 saturated carbocycles. The summed E-state index contributed by atoms with van der Waals surface area (Å²) in [6, 6.07) is 17.5. The van der Waals surface area contributed by atoms with E-state index >= 15 is 0 Å². The van der Waals surface area contributed by atoms with Crippen LogP contribution in [-0.4, -0.2) is 44.6 Å². The van der Waals surface area contributed by atoms with Crippen LogP contribution in [0.5, 0.6) is 0 Å². The number of rotatable bonds is 8. The standard InChI is InChI=1S/C23H27N5O2S/c1-17-25-26-27-28(17)22(15-18-6-3-2-4-7-18)23(29)24-20-9-5-8-19(14-20)16-31-21-10-12-30-13-11-21/h2-9,14,21-22H,10-13,15-16H2,1H3,(H,24,29). The van der Waals surface area contributed by atoms with Crippen molar-refractivity contribution in [2.45, 2.75) is 43.2 Å². The molecule has 1 fully saturated rings. The number of aryl methyl sites for hydroxylation is 1. The molecular formula is C23H27N5O2S. The first-order valence-corrected chi connectivity index (χ1v) is 11.6. The number of hydrogen-bond donors (Lipinski definition) is 1. The van der Waals surface area contributed by atoms with Gasteiger partial charge in [0.25, 0.3) is 0 Å². The largest absolute Gasteiger partial charge is 0.381 e. The molecule has 1 unspecified atom stereocenters. The molecule has 7 nitrogen and oxygen atoms in total. The zero-order valence-corrected chi connectivity index (χ0v) is 18.4. The molecule has 1 amide bonds. The molecule has 1 N–H and O–H groups in total. The summed E-state index contributed by atoms with van der Waals surface area (Å²) in [5.74, 6) is 1.40. The lowest BCUT2D eigenvalue weighted by Gasteiger charge is -2.21. The topological polar surface area (TPSA) is 81.9 Å². The monoisotopic (exact) mass is 437 g/mol. The van der Waals surface area contributed by atoms with E-state index in [1.807, 2.05) is 54.2 Å². The molecule has 1 aliphatic heterocycles. The Balaban J connectivity index is 1.44. The molecule has 1 aromatic heterocycles. The number of carbonyl (C=O) groups excluding carboxylic acids is 1. The average Bonchev–Trinajstić information content (AvgIpc) is 3.23. The maximum Gasteiger partial charge on any atom is 0.249 e. The highest BCUT2D eigenvalue weighted by Crippen LogP contribution is 2.27. The van der Waals surface area contributed by atoms with E-state index in [1.54, 1.807) is 11.6 Å². The third-order valence-electron chi connectivity index (χ3n) is 5.38. The van der Waals surface area contributed by atoms with Crippen molar-refractivity contribution in [1.29, 1.82) is 0 Å². The molecule has 2 aromatic carbocycles. The van der Waals surface area contributed by atoms with Crippen molar-refractivity contribution < 1.29 is 9.53 Å². The highest BCUT2D eigenvalue weighted by atomic mass is 32.2. The van der Waals surface area contributed by atoms with Gasteiger partial charge in [-0.25, -0.2) is 4.68 Å². The number of nitrogens with zero attached hydrogens (tertiary/aromatic N) is 4. The SMILES string of the molecule is Cc1nnnn1C(Cc1ccccc1)C(=O)Nc1cccc(CSC2CCOCC2)c1. The van der Waals surface area contributed by atoms with Crippen LogP contribution in [0.4, 0.5) is 5.69 Å². The zero-order valence-electron chi connectivity index (χ0n) is 17.6. The van der Waals surface area contributed by atoms with E-state index in [0.717, 1.165) is 43.1 Å². The molecule has 3 aromatic rings. The van der Waals surface area contributed by atoms with Gasteiger partial charge in [0.15, 0.2) is 0 Å². The number of thioether (sulfide) groups is 1. The van der Waals surface area contributed by atoms with Crippen molar-refractivity contribution in [2.75, 3.05) is 18.5 Å². The third-order valence-corrected chi connectivity index (χ3v) is 6.82. The van der Waals surface area contributed by atoms with Crippen molar-refractivity contribution in [3.05, 3.63) is 71.5 Å². The van der Waals surface area contributed by atoms with Crippen LogP contribution in [0, 0.1) is 6.92 Å². The van der Waals surface area contributed by atoms with Gasteiger partial charge >= 0.3 is 0 Å². The first-order valence-electron chi connectivity index (χ1n) is 10.6. The van der Waals surface area contributed by atoms with Gasteiger partial charge in [0.05, 0.1) is 0 Å². The normalized spacial score (nSPS) is 15.5. The van der Waals surface area contributed by atoms with E-state index in [0.29, 0.717) is 17.5 Å². The summed E-state index contributed by atoms with van der Waals surface area (Å²) in [5, 5.41) is 15.5. The molecule has 0 bridgehead atoms. The number of aromatic nitrogens is 4. The van der Waals surface area contributed by atoms with Gasteiger partial charge in [-0.05, 0) is 53.5 Å². The maximum atomic E-state index is 13.2. The summed E-state index contributed by atoms with van der Waals surface area (Å²) < 4.78 is 7.03. The summed E-state index contributed by atoms with van der Waals surface area (Å²) in [6.07, 6.45) is 2.72. The molecule has 1 aliphatic rings. The van der Waals surface area contributed by atoms with E-state index < -0.39 is 6.04 Å². The second-order valence-corrected chi connectivity index (χ2v) is 8.98. The first-order chi connectivity index (χ1) is 15.2. The molecule has 0 aliphatic carbocycles. The van der Waals surface area contributed by atoms with Crippen molar-refractivity contribution >= 4 is 23.4 Å². The molecule has 1 atom stereocenters. The van der Waals surface area contributed by atoms with Crippen molar-refractivity contribution in [3.8, 4) is 0 Å². The Morgan fingerprint density at radius 1 is 1.16 bits per heavy atom. The number of hydrogen-bond acceptors (Lipinski definition) is 6. The van der Waals surface area contributed by atoms with Crippen LogP contribution in [0.3, 0.4) is 0 Å². The molecule has 31 heavy (non-hydrogen) atoms. The number of tetrazole rings is 1. The lowest BCUT2D eigenvalue weighted by molar-refractivity contribution is -0.119. The van der Waals surface area contributed by atoms with Gasteiger partial charge in [0.2, 0.25) is 5.91 Å². The smallest absolute Gasteiger partial charge is 0.249 e. The van der Waals surface area contributed by atoms with Crippen LogP contribution in [-0.2, 0) is 21.7 Å². The summed E-state index contributed by atoms with van der Waals surface area (Å²) in [4.78, 5) is 13.2. The molecule has 1 saturated heterocycles. The Morgan fingerprint density at radius 3 is 2.68 bits per heavy atom. The van der Waals surface area contributed by atoms with Gasteiger partial charge in [-0.1, -0.05) is 42.5 Å². The summed E-state index contributed by atoms with van der Waals surface area (Å²) in [6.45, 7) is 3.51. The Bertz CT molecular complexity index is 988. The van der Waals surface area contributed by atoms with Crippen molar-refractivity contribution in [3.63, 3.8) is 0 Å². The number of nitrogens with one attached hydrogen (secondary N) is 1. The number of ether oxygens (including phenoxy) is 1. The van der Waals surface area contributed by atoms with Gasteiger partial charge in [-0.3, -0.25) is 4.79 Å². The minimum Gasteiger partial charge on any atom is -0.381 e. The number of amides is 1. The Labute approximate surface area is 186 Å². The highest BCUT2D eigenvalue weighted by Gasteiger charge is 2.24. The summed E-state index contributed by atoms with van der Waals surface area (Å²) in [5.41, 5.74) is 3.05. The maximum absolute atomic E-state index is 13.2. The fourth-order valence-corrected chi connectivity index (χ4v) is 4.81. The van der Waals surface area contributed by atoms with Crippen LogP contribution in [0.2, 0.25) is 0 Å². The minimum absolute atomic E-state index is 0.131. The van der Waals surface area contributed by atoms with E-state index in [9.17, 15) is 4.79 Å². The molecule has 162 valence electrons. The Kier molecular flexibility index (Phi) is 7.32. The first kappa shape index (κ1) is 21.5. The molecule has 4 rings (SSSR count). The van der Waals surface area contributed by atoms with E-state index in [1.165, 1.54) is 5.56 Å². The second kappa shape index (κ2) is 10.5. The van der Waals surface area contributed by atoms with Crippen LogP contribution >= 0.6 is 11.8 Å². The van der Waals surface area contributed by atoms with Crippen LogP contribution < -0.4 is 5.32 Å². The minimum atomic E-state index is -0.530. The number of anilines is 1. The Hall–Kier alpha value is -2.71. The van der Waals surface area contributed by atoms with Gasteiger partial charge in [-0.15, -0.1) is 5.10 Å². The Morgan fingerprint density at radius 2 is 1.94 bits per heavy atom. The fourth-order valence-electron chi connectivity index (χ4n) is 3.67. The lowest BCUT2D eigenvalue weighted by Crippen LogP contribution is -2.29. The predicted octanol–water partition coefficient (Wildman–Crippen LogP) is 3.82. The van der Waals surface area contributed by atoms with Crippen molar-refractivity contribution in [2.24, 2.45) is 0 Å². The third kappa shape index (κ3) is 5.92. The molecule has 8 heteroatoms. The van der Waals surface area contributed by atoms with Crippen molar-refractivity contribution in [1.82, 2.24) is 20.2 Å². The van der Waals surface area contributed by atoms with Gasteiger partial charge in [0, 0.05) is 36.3 Å². The second-order valence-electron chi connectivity index (χ2n) is 7.69. The fraction of sp³-hybridized carbons (Fsp3) is 0.391. The lowest BCUT2D eigenvalue weighted by atomic mass is 10.1. The molecule has 0 spiro atoms. The molecule has 2 heterocycles. The van der Waals surface area contributed by atoms with Crippen LogP contribution in [0.15, 0.2) is 54.6 Å². The number of carbonyl (C=O) groups is 1. The average molecular weight is 438 g/mol. The molecule has 0 radical (unpaired) electrons. The summed E-state index contributed by atoms with van der Waals surface area (Å²) >= 11 is 1.96. The van der Waals surface area contributed by atoms with Gasteiger partial charge in [0.1, 0.15) is 11.9 Å². The van der Waals surface area contributed by atoms with Gasteiger partial charge < -0.3 is 10.1 Å².